The average molecular weight is 558 g/mol. The first-order valence-corrected chi connectivity index (χ1v) is 16.6. The molecular formula is C37H51NO3. The van der Waals surface area contributed by atoms with Gasteiger partial charge in [0.25, 0.3) is 0 Å². The molecule has 4 heteroatoms. The van der Waals surface area contributed by atoms with Crippen molar-refractivity contribution in [3.63, 3.8) is 0 Å². The second kappa shape index (κ2) is 14.1. The molecule has 0 aromatic heterocycles. The minimum Gasteiger partial charge on any atom is -0.485 e. The minimum atomic E-state index is -0.0898. The topological polar surface area (TPSA) is 55.4 Å². The van der Waals surface area contributed by atoms with Crippen molar-refractivity contribution < 1.29 is 14.3 Å². The monoisotopic (exact) mass is 557 g/mol. The SMILES string of the molecule is CNC(=O)CCCCCCCCCC[C@@H]1CC2=C(C=C=C(OCc3ccccc3)C2)C2CC[C@]3(C)C(=O)CCC3C21. The molecule has 4 aliphatic rings. The molecule has 41 heavy (non-hydrogen) atoms. The summed E-state index contributed by atoms with van der Waals surface area (Å²) in [5, 5.41) is 2.71. The Kier molecular flexibility index (Phi) is 10.3. The molecule has 4 nitrogen and oxygen atoms in total. The van der Waals surface area contributed by atoms with Gasteiger partial charge in [0.05, 0.1) is 0 Å². The molecule has 5 rings (SSSR count). The van der Waals surface area contributed by atoms with Gasteiger partial charge < -0.3 is 10.1 Å². The highest BCUT2D eigenvalue weighted by atomic mass is 16.5. The predicted octanol–water partition coefficient (Wildman–Crippen LogP) is 8.62. The molecule has 2 fully saturated rings. The fourth-order valence-electron chi connectivity index (χ4n) is 8.62. The number of hydrogen-bond acceptors (Lipinski definition) is 3. The van der Waals surface area contributed by atoms with Crippen molar-refractivity contribution in [2.45, 2.75) is 116 Å². The van der Waals surface area contributed by atoms with Gasteiger partial charge in [0, 0.05) is 31.7 Å². The Bertz CT molecular complexity index is 1160. The zero-order chi connectivity index (χ0) is 28.7. The number of rotatable bonds is 14. The molecule has 4 aliphatic carbocycles. The number of hydrogen-bond donors (Lipinski definition) is 1. The van der Waals surface area contributed by atoms with E-state index in [1.54, 1.807) is 12.6 Å². The first-order valence-electron chi connectivity index (χ1n) is 16.6. The van der Waals surface area contributed by atoms with Crippen LogP contribution in [0.2, 0.25) is 0 Å². The van der Waals surface area contributed by atoms with Crippen molar-refractivity contribution in [2.24, 2.45) is 29.1 Å². The lowest BCUT2D eigenvalue weighted by Gasteiger charge is -2.52. The van der Waals surface area contributed by atoms with Crippen LogP contribution in [0.4, 0.5) is 0 Å². The van der Waals surface area contributed by atoms with E-state index in [4.69, 9.17) is 4.74 Å². The maximum absolute atomic E-state index is 13.0. The van der Waals surface area contributed by atoms with Crippen molar-refractivity contribution in [3.8, 4) is 0 Å². The van der Waals surface area contributed by atoms with Gasteiger partial charge >= 0.3 is 0 Å². The number of nitrogens with one attached hydrogen (secondary N) is 1. The summed E-state index contributed by atoms with van der Waals surface area (Å²) in [5.41, 5.74) is 7.76. The van der Waals surface area contributed by atoms with Crippen LogP contribution in [0.15, 0.2) is 59.0 Å². The number of ether oxygens (including phenoxy) is 1. The molecule has 0 spiro atoms. The lowest BCUT2D eigenvalue weighted by atomic mass is 9.51. The first-order chi connectivity index (χ1) is 20.0. The van der Waals surface area contributed by atoms with Crippen LogP contribution < -0.4 is 5.32 Å². The molecule has 1 aromatic carbocycles. The predicted molar refractivity (Wildman–Crippen MR) is 165 cm³/mol. The first kappa shape index (κ1) is 29.9. The molecule has 5 atom stereocenters. The number of unbranched alkanes of at least 4 members (excludes halogenated alkanes) is 7. The van der Waals surface area contributed by atoms with Crippen LogP contribution >= 0.6 is 0 Å². The third-order valence-electron chi connectivity index (χ3n) is 10.9. The number of allylic oxidation sites excluding steroid dienone is 2. The van der Waals surface area contributed by atoms with E-state index in [1.165, 1.54) is 62.5 Å². The summed E-state index contributed by atoms with van der Waals surface area (Å²) in [6, 6.07) is 10.4. The number of carbonyl (C=O) groups excluding carboxylic acids is 2. The molecule has 0 aliphatic heterocycles. The Labute approximate surface area is 248 Å². The smallest absolute Gasteiger partial charge is 0.219 e. The number of amides is 1. The molecule has 2 saturated carbocycles. The number of fused-ring (bicyclic) bond motifs is 4. The van der Waals surface area contributed by atoms with Gasteiger partial charge in [-0.05, 0) is 79.4 Å². The Balaban J connectivity index is 1.16. The summed E-state index contributed by atoms with van der Waals surface area (Å²) in [4.78, 5) is 24.4. The van der Waals surface area contributed by atoms with Crippen molar-refractivity contribution in [3.05, 3.63) is 64.6 Å². The third-order valence-corrected chi connectivity index (χ3v) is 10.9. The average Bonchev–Trinajstić information content (AvgIpc) is 3.30. The second-order valence-corrected chi connectivity index (χ2v) is 13.4. The largest absolute Gasteiger partial charge is 0.485 e. The van der Waals surface area contributed by atoms with E-state index in [-0.39, 0.29) is 11.3 Å². The van der Waals surface area contributed by atoms with Crippen LogP contribution in [-0.2, 0) is 20.9 Å². The maximum atomic E-state index is 13.0. The van der Waals surface area contributed by atoms with E-state index in [1.807, 2.05) is 6.07 Å². The van der Waals surface area contributed by atoms with E-state index in [0.717, 1.165) is 50.7 Å². The quantitative estimate of drug-likeness (QED) is 0.184. The lowest BCUT2D eigenvalue weighted by molar-refractivity contribution is -0.130. The number of Topliss-reactive ketones (excluding diaryl/α,β-unsaturated/α-hetero) is 1. The third kappa shape index (κ3) is 7.08. The molecule has 1 N–H and O–H groups in total. The normalized spacial score (nSPS) is 28.5. The molecule has 3 unspecified atom stereocenters. The molecule has 1 aromatic rings. The van der Waals surface area contributed by atoms with Gasteiger partial charge in [-0.25, -0.2) is 0 Å². The zero-order valence-corrected chi connectivity index (χ0v) is 25.5. The molecule has 0 heterocycles. The fourth-order valence-corrected chi connectivity index (χ4v) is 8.62. The Morgan fingerprint density at radius 1 is 1.02 bits per heavy atom. The highest BCUT2D eigenvalue weighted by Crippen LogP contribution is 2.61. The highest BCUT2D eigenvalue weighted by Gasteiger charge is 2.56. The van der Waals surface area contributed by atoms with E-state index < -0.39 is 0 Å². The van der Waals surface area contributed by atoms with Crippen molar-refractivity contribution in [1.29, 1.82) is 0 Å². The second-order valence-electron chi connectivity index (χ2n) is 13.4. The van der Waals surface area contributed by atoms with Gasteiger partial charge in [-0.3, -0.25) is 9.59 Å². The van der Waals surface area contributed by atoms with Crippen molar-refractivity contribution >= 4 is 11.7 Å². The lowest BCUT2D eigenvalue weighted by Crippen LogP contribution is -2.47. The Morgan fingerprint density at radius 2 is 1.76 bits per heavy atom. The van der Waals surface area contributed by atoms with Crippen LogP contribution in [0, 0.1) is 29.1 Å². The summed E-state index contributed by atoms with van der Waals surface area (Å²) < 4.78 is 6.24. The molecule has 0 bridgehead atoms. The van der Waals surface area contributed by atoms with Gasteiger partial charge in [-0.2, -0.15) is 0 Å². The molecular weight excluding hydrogens is 506 g/mol. The summed E-state index contributed by atoms with van der Waals surface area (Å²) >= 11 is 0. The van der Waals surface area contributed by atoms with E-state index >= 15 is 0 Å². The van der Waals surface area contributed by atoms with E-state index in [0.29, 0.717) is 42.5 Å². The molecule has 1 amide bonds. The van der Waals surface area contributed by atoms with Crippen LogP contribution in [0.1, 0.15) is 115 Å². The van der Waals surface area contributed by atoms with Crippen LogP contribution in [0.3, 0.4) is 0 Å². The Morgan fingerprint density at radius 3 is 2.51 bits per heavy atom. The van der Waals surface area contributed by atoms with E-state index in [9.17, 15) is 9.59 Å². The standard InChI is InChI=1S/C37H51NO3/c1-37-23-22-32-31-19-18-30(41-26-27-14-10-9-11-15-27)25-29(31)24-28(36(32)33(37)20-21-34(37)39)16-12-7-5-3-4-6-8-13-17-35(40)38-2/h9-11,14-15,19,28,32-33,36H,3-8,12-13,16-17,20-26H2,1-2H3,(H,38,40)/t28-,32?,33?,36?,37+/m1/s1. The van der Waals surface area contributed by atoms with Gasteiger partial charge in [-0.15, -0.1) is 0 Å². The number of ketones is 1. The van der Waals surface area contributed by atoms with Crippen LogP contribution in [0.5, 0.6) is 0 Å². The fraction of sp³-hybridized carbons (Fsp3) is 0.649. The maximum Gasteiger partial charge on any atom is 0.219 e. The highest BCUT2D eigenvalue weighted by molar-refractivity contribution is 5.87. The molecule has 0 radical (unpaired) electrons. The van der Waals surface area contributed by atoms with Gasteiger partial charge in [-0.1, -0.05) is 93.5 Å². The van der Waals surface area contributed by atoms with Crippen molar-refractivity contribution in [1.82, 2.24) is 5.32 Å². The zero-order valence-electron chi connectivity index (χ0n) is 25.5. The van der Waals surface area contributed by atoms with Crippen molar-refractivity contribution in [2.75, 3.05) is 7.05 Å². The number of carbonyl (C=O) groups is 2. The molecule has 222 valence electrons. The van der Waals surface area contributed by atoms with Gasteiger partial charge in [0.2, 0.25) is 5.91 Å². The Hall–Kier alpha value is -2.58. The summed E-state index contributed by atoms with van der Waals surface area (Å²) in [7, 11) is 1.72. The number of benzene rings is 1. The van der Waals surface area contributed by atoms with Gasteiger partial charge in [0.15, 0.2) is 0 Å². The minimum absolute atomic E-state index is 0.0898. The summed E-state index contributed by atoms with van der Waals surface area (Å²) in [5.74, 6) is 4.14. The van der Waals surface area contributed by atoms with E-state index in [2.05, 4.69) is 48.3 Å². The summed E-state index contributed by atoms with van der Waals surface area (Å²) in [6.07, 6.45) is 20.3. The molecule has 0 saturated heterocycles. The van der Waals surface area contributed by atoms with Gasteiger partial charge in [0.1, 0.15) is 18.1 Å². The van der Waals surface area contributed by atoms with Crippen LogP contribution in [-0.4, -0.2) is 18.7 Å². The van der Waals surface area contributed by atoms with Crippen LogP contribution in [0.25, 0.3) is 0 Å². The summed E-state index contributed by atoms with van der Waals surface area (Å²) in [6.45, 7) is 2.90.